The van der Waals surface area contributed by atoms with Gasteiger partial charge in [0.2, 0.25) is 0 Å². The fourth-order valence-corrected chi connectivity index (χ4v) is 3.34. The van der Waals surface area contributed by atoms with E-state index in [1.165, 1.54) is 0 Å². The highest BCUT2D eigenvalue weighted by Crippen LogP contribution is 2.29. The Kier molecular flexibility index (Phi) is 4.77. The molecule has 1 aliphatic heterocycles. The maximum absolute atomic E-state index is 12.9. The summed E-state index contributed by atoms with van der Waals surface area (Å²) in [6.07, 6.45) is 1.74. The maximum Gasteiger partial charge on any atom is 0.289 e. The molecule has 1 amide bonds. The third-order valence-corrected chi connectivity index (χ3v) is 4.97. The van der Waals surface area contributed by atoms with Crippen LogP contribution in [0.25, 0.3) is 11.0 Å². The van der Waals surface area contributed by atoms with E-state index in [2.05, 4.69) is 15.1 Å². The van der Waals surface area contributed by atoms with Gasteiger partial charge in [-0.2, -0.15) is 5.10 Å². The van der Waals surface area contributed by atoms with E-state index in [1.807, 2.05) is 48.2 Å². The normalized spacial score (nSPS) is 14.4. The molecule has 146 valence electrons. The second kappa shape index (κ2) is 7.38. The lowest BCUT2D eigenvalue weighted by atomic mass is 10.2. The standard InChI is InChI=1S/C20H23N5O3/c1-23(2)15-12-18(22-21-13-15)24-7-9-25(10-8-24)20(26)17-11-14-5-4-6-16(27-3)19(14)28-17/h4-6,11-13H,7-10H2,1-3H3. The van der Waals surface area contributed by atoms with E-state index in [0.717, 1.165) is 16.9 Å². The summed E-state index contributed by atoms with van der Waals surface area (Å²) < 4.78 is 11.1. The fraction of sp³-hybridized carbons (Fsp3) is 0.350. The van der Waals surface area contributed by atoms with E-state index in [4.69, 9.17) is 9.15 Å². The number of hydrogen-bond acceptors (Lipinski definition) is 7. The summed E-state index contributed by atoms with van der Waals surface area (Å²) in [5.41, 5.74) is 1.60. The summed E-state index contributed by atoms with van der Waals surface area (Å²) in [4.78, 5) is 18.8. The number of nitrogens with zero attached hydrogens (tertiary/aromatic N) is 5. The van der Waals surface area contributed by atoms with Crippen LogP contribution >= 0.6 is 0 Å². The Balaban J connectivity index is 1.46. The van der Waals surface area contributed by atoms with Gasteiger partial charge < -0.3 is 23.9 Å². The molecular weight excluding hydrogens is 358 g/mol. The van der Waals surface area contributed by atoms with E-state index >= 15 is 0 Å². The number of benzene rings is 1. The van der Waals surface area contributed by atoms with Crippen LogP contribution in [0.2, 0.25) is 0 Å². The van der Waals surface area contributed by atoms with Gasteiger partial charge >= 0.3 is 0 Å². The molecule has 1 fully saturated rings. The van der Waals surface area contributed by atoms with Crippen molar-refractivity contribution >= 4 is 28.4 Å². The van der Waals surface area contributed by atoms with Crippen LogP contribution in [0.4, 0.5) is 11.5 Å². The summed E-state index contributed by atoms with van der Waals surface area (Å²) in [6, 6.07) is 9.40. The lowest BCUT2D eigenvalue weighted by Gasteiger charge is -2.35. The Morgan fingerprint density at radius 1 is 1.18 bits per heavy atom. The van der Waals surface area contributed by atoms with E-state index in [-0.39, 0.29) is 5.91 Å². The minimum absolute atomic E-state index is 0.106. The van der Waals surface area contributed by atoms with E-state index in [0.29, 0.717) is 43.3 Å². The van der Waals surface area contributed by atoms with Gasteiger partial charge in [0.15, 0.2) is 22.9 Å². The lowest BCUT2D eigenvalue weighted by molar-refractivity contribution is 0.0716. The highest BCUT2D eigenvalue weighted by molar-refractivity contribution is 5.97. The average Bonchev–Trinajstić information content (AvgIpc) is 3.18. The summed E-state index contributed by atoms with van der Waals surface area (Å²) in [7, 11) is 5.53. The molecule has 3 heterocycles. The van der Waals surface area contributed by atoms with Crippen LogP contribution in [0.5, 0.6) is 5.75 Å². The van der Waals surface area contributed by atoms with Crippen molar-refractivity contribution in [2.24, 2.45) is 0 Å². The van der Waals surface area contributed by atoms with Gasteiger partial charge in [-0.05, 0) is 12.1 Å². The number of aromatic nitrogens is 2. The zero-order chi connectivity index (χ0) is 19.7. The number of fused-ring (bicyclic) bond motifs is 1. The van der Waals surface area contributed by atoms with E-state index in [1.54, 1.807) is 19.4 Å². The molecule has 1 aromatic carbocycles. The van der Waals surface area contributed by atoms with Gasteiger partial charge in [0.05, 0.1) is 19.0 Å². The number of hydrogen-bond donors (Lipinski definition) is 0. The molecule has 4 rings (SSSR count). The third kappa shape index (κ3) is 3.33. The predicted octanol–water partition coefficient (Wildman–Crippen LogP) is 2.26. The molecule has 0 bridgehead atoms. The van der Waals surface area contributed by atoms with Gasteiger partial charge in [0, 0.05) is 51.7 Å². The molecule has 0 unspecified atom stereocenters. The summed E-state index contributed by atoms with van der Waals surface area (Å²) in [5.74, 6) is 1.68. The van der Waals surface area contributed by atoms with Gasteiger partial charge in [-0.3, -0.25) is 4.79 Å². The number of para-hydroxylation sites is 1. The first-order valence-corrected chi connectivity index (χ1v) is 9.17. The Bertz CT molecular complexity index is 992. The zero-order valence-corrected chi connectivity index (χ0v) is 16.3. The number of carbonyl (C=O) groups excluding carboxylic acids is 1. The van der Waals surface area contributed by atoms with Crippen molar-refractivity contribution < 1.29 is 13.9 Å². The summed E-state index contributed by atoms with van der Waals surface area (Å²) >= 11 is 0. The van der Waals surface area contributed by atoms with Crippen molar-refractivity contribution in [3.63, 3.8) is 0 Å². The van der Waals surface area contributed by atoms with Crippen LogP contribution < -0.4 is 14.5 Å². The minimum Gasteiger partial charge on any atom is -0.493 e. The summed E-state index contributed by atoms with van der Waals surface area (Å²) in [6.45, 7) is 2.59. The van der Waals surface area contributed by atoms with Crippen LogP contribution in [0.3, 0.4) is 0 Å². The fourth-order valence-electron chi connectivity index (χ4n) is 3.34. The second-order valence-electron chi connectivity index (χ2n) is 6.93. The third-order valence-electron chi connectivity index (χ3n) is 4.97. The molecule has 0 saturated carbocycles. The monoisotopic (exact) mass is 381 g/mol. The Morgan fingerprint density at radius 2 is 1.96 bits per heavy atom. The first-order valence-electron chi connectivity index (χ1n) is 9.17. The topological polar surface area (TPSA) is 74.9 Å². The number of carbonyl (C=O) groups is 1. The second-order valence-corrected chi connectivity index (χ2v) is 6.93. The number of furan rings is 1. The first kappa shape index (κ1) is 18.1. The SMILES string of the molecule is COc1cccc2cc(C(=O)N3CCN(c4cc(N(C)C)cnn4)CC3)oc12. The number of methoxy groups -OCH3 is 1. The minimum atomic E-state index is -0.106. The molecule has 1 aliphatic rings. The highest BCUT2D eigenvalue weighted by atomic mass is 16.5. The number of amides is 1. The van der Waals surface area contributed by atoms with Crippen LogP contribution in [-0.2, 0) is 0 Å². The quantitative estimate of drug-likeness (QED) is 0.686. The van der Waals surface area contributed by atoms with Crippen molar-refractivity contribution in [1.29, 1.82) is 0 Å². The molecule has 0 spiro atoms. The molecule has 8 nitrogen and oxygen atoms in total. The predicted molar refractivity (Wildman–Crippen MR) is 107 cm³/mol. The lowest BCUT2D eigenvalue weighted by Crippen LogP contribution is -2.49. The molecule has 8 heteroatoms. The van der Waals surface area contributed by atoms with Crippen molar-refractivity contribution in [3.05, 3.63) is 42.3 Å². The number of ether oxygens (including phenoxy) is 1. The van der Waals surface area contributed by atoms with Gasteiger partial charge in [0.1, 0.15) is 0 Å². The smallest absolute Gasteiger partial charge is 0.289 e. The zero-order valence-electron chi connectivity index (χ0n) is 16.3. The van der Waals surface area contributed by atoms with E-state index < -0.39 is 0 Å². The molecule has 1 saturated heterocycles. The molecule has 3 aromatic rings. The molecule has 0 N–H and O–H groups in total. The highest BCUT2D eigenvalue weighted by Gasteiger charge is 2.26. The van der Waals surface area contributed by atoms with Gasteiger partial charge in [0.25, 0.3) is 5.91 Å². The molecule has 0 radical (unpaired) electrons. The van der Waals surface area contributed by atoms with Crippen molar-refractivity contribution in [1.82, 2.24) is 15.1 Å². The van der Waals surface area contributed by atoms with Gasteiger partial charge in [-0.1, -0.05) is 12.1 Å². The molecule has 2 aromatic heterocycles. The van der Waals surface area contributed by atoms with Crippen molar-refractivity contribution in [2.75, 3.05) is 57.2 Å². The Labute approximate surface area is 163 Å². The number of rotatable bonds is 4. The first-order chi connectivity index (χ1) is 13.6. The molecule has 28 heavy (non-hydrogen) atoms. The van der Waals surface area contributed by atoms with Crippen LogP contribution in [0.1, 0.15) is 10.6 Å². The van der Waals surface area contributed by atoms with Crippen molar-refractivity contribution in [3.8, 4) is 5.75 Å². The van der Waals surface area contributed by atoms with Crippen LogP contribution in [-0.4, -0.2) is 68.4 Å². The van der Waals surface area contributed by atoms with E-state index in [9.17, 15) is 4.79 Å². The Morgan fingerprint density at radius 3 is 2.68 bits per heavy atom. The average molecular weight is 381 g/mol. The van der Waals surface area contributed by atoms with Crippen molar-refractivity contribution in [2.45, 2.75) is 0 Å². The largest absolute Gasteiger partial charge is 0.493 e. The van der Waals surface area contributed by atoms with Gasteiger partial charge in [-0.15, -0.1) is 5.10 Å². The molecule has 0 aliphatic carbocycles. The van der Waals surface area contributed by atoms with Gasteiger partial charge in [-0.25, -0.2) is 0 Å². The molecular formula is C20H23N5O3. The number of piperazine rings is 1. The van der Waals surface area contributed by atoms with Crippen LogP contribution in [0, 0.1) is 0 Å². The number of anilines is 2. The maximum atomic E-state index is 12.9. The van der Waals surface area contributed by atoms with Crippen LogP contribution in [0.15, 0.2) is 40.9 Å². The molecule has 0 atom stereocenters. The summed E-state index contributed by atoms with van der Waals surface area (Å²) in [5, 5.41) is 9.18. The Hall–Kier alpha value is -3.29.